The molecule has 1 aromatic heterocycles. The first-order valence-corrected chi connectivity index (χ1v) is 7.35. The number of anilines is 2. The van der Waals surface area contributed by atoms with E-state index in [9.17, 15) is 0 Å². The van der Waals surface area contributed by atoms with Crippen LogP contribution in [-0.4, -0.2) is 25.3 Å². The average molecular weight is 276 g/mol. The molecule has 3 nitrogen and oxygen atoms in total. The average Bonchev–Trinajstić information content (AvgIpc) is 2.94. The number of hydrogen-bond donors (Lipinski definition) is 2. The molecule has 2 rings (SSSR count). The summed E-state index contributed by atoms with van der Waals surface area (Å²) in [5, 5.41) is 16.7. The van der Waals surface area contributed by atoms with E-state index in [1.807, 2.05) is 11.9 Å². The Labute approximate surface area is 118 Å². The van der Waals surface area contributed by atoms with Crippen LogP contribution in [0, 0.1) is 0 Å². The lowest BCUT2D eigenvalue weighted by Gasteiger charge is -2.19. The number of aliphatic hydroxyl groups excluding tert-OH is 1. The summed E-state index contributed by atoms with van der Waals surface area (Å²) in [5.41, 5.74) is 3.54. The highest BCUT2D eigenvalue weighted by Crippen LogP contribution is 2.23. The zero-order valence-electron chi connectivity index (χ0n) is 11.3. The minimum Gasteiger partial charge on any atom is -0.395 e. The molecule has 0 aliphatic heterocycles. The summed E-state index contributed by atoms with van der Waals surface area (Å²) in [6, 6.07) is 10.7. The third-order valence-electron chi connectivity index (χ3n) is 3.17. The monoisotopic (exact) mass is 276 g/mol. The molecule has 2 N–H and O–H groups in total. The summed E-state index contributed by atoms with van der Waals surface area (Å²) in [4.78, 5) is 2.03. The van der Waals surface area contributed by atoms with Crippen LogP contribution in [0.2, 0.25) is 0 Å². The third-order valence-corrected chi connectivity index (χ3v) is 3.87. The Kier molecular flexibility index (Phi) is 4.82. The molecule has 0 aliphatic rings. The highest BCUT2D eigenvalue weighted by molar-refractivity contribution is 7.07. The number of likely N-dealkylation sites (N-methyl/N-ethyl adjacent to an activating group) is 1. The van der Waals surface area contributed by atoms with Crippen LogP contribution in [0.15, 0.2) is 41.1 Å². The molecule has 0 spiro atoms. The van der Waals surface area contributed by atoms with Crippen molar-refractivity contribution in [2.75, 3.05) is 30.4 Å². The van der Waals surface area contributed by atoms with E-state index in [1.165, 1.54) is 5.56 Å². The van der Waals surface area contributed by atoms with Gasteiger partial charge in [0, 0.05) is 31.0 Å². The molecular weight excluding hydrogens is 256 g/mol. The zero-order valence-corrected chi connectivity index (χ0v) is 12.2. The Balaban J connectivity index is 1.99. The normalized spacial score (nSPS) is 12.2. The van der Waals surface area contributed by atoms with Gasteiger partial charge in [-0.3, -0.25) is 0 Å². The Morgan fingerprint density at radius 3 is 2.58 bits per heavy atom. The highest BCUT2D eigenvalue weighted by atomic mass is 32.1. The summed E-state index contributed by atoms with van der Waals surface area (Å²) in [6.45, 7) is 2.98. The van der Waals surface area contributed by atoms with E-state index in [-0.39, 0.29) is 6.61 Å². The summed E-state index contributed by atoms with van der Waals surface area (Å²) in [7, 11) is 1.98. The fourth-order valence-electron chi connectivity index (χ4n) is 1.95. The highest BCUT2D eigenvalue weighted by Gasteiger charge is 2.06. The summed E-state index contributed by atoms with van der Waals surface area (Å²) >= 11 is 1.72. The van der Waals surface area contributed by atoms with Gasteiger partial charge in [0.1, 0.15) is 0 Å². The maximum absolute atomic E-state index is 8.92. The fourth-order valence-corrected chi connectivity index (χ4v) is 2.70. The van der Waals surface area contributed by atoms with Crippen LogP contribution in [0.5, 0.6) is 0 Å². The van der Waals surface area contributed by atoms with Gasteiger partial charge in [-0.1, -0.05) is 0 Å². The van der Waals surface area contributed by atoms with Gasteiger partial charge in [-0.25, -0.2) is 0 Å². The molecule has 102 valence electrons. The molecule has 0 radical (unpaired) electrons. The molecule has 0 aliphatic carbocycles. The van der Waals surface area contributed by atoms with Gasteiger partial charge in [0.05, 0.1) is 6.61 Å². The zero-order chi connectivity index (χ0) is 13.7. The van der Waals surface area contributed by atoms with Crippen molar-refractivity contribution in [1.29, 1.82) is 0 Å². The van der Waals surface area contributed by atoms with Crippen molar-refractivity contribution in [2.24, 2.45) is 0 Å². The van der Waals surface area contributed by atoms with E-state index < -0.39 is 0 Å². The number of thiophene rings is 1. The summed E-state index contributed by atoms with van der Waals surface area (Å²) in [5.74, 6) is 0. The molecule has 4 heteroatoms. The number of nitrogens with zero attached hydrogens (tertiary/aromatic N) is 1. The Morgan fingerprint density at radius 2 is 2.00 bits per heavy atom. The van der Waals surface area contributed by atoms with Gasteiger partial charge in [0.25, 0.3) is 0 Å². The van der Waals surface area contributed by atoms with E-state index >= 15 is 0 Å². The number of hydrogen-bond acceptors (Lipinski definition) is 4. The fraction of sp³-hybridized carbons (Fsp3) is 0.333. The Hall–Kier alpha value is -1.52. The molecule has 1 aromatic carbocycles. The molecule has 0 bridgehead atoms. The predicted octanol–water partition coefficient (Wildman–Crippen LogP) is 3.35. The smallest absolute Gasteiger partial charge is 0.0606 e. The lowest BCUT2D eigenvalue weighted by atomic mass is 10.1. The molecule has 19 heavy (non-hydrogen) atoms. The molecule has 0 saturated carbocycles. The summed E-state index contributed by atoms with van der Waals surface area (Å²) in [6.07, 6.45) is 0. The van der Waals surface area contributed by atoms with Crippen molar-refractivity contribution >= 4 is 22.7 Å². The second kappa shape index (κ2) is 6.59. The lowest BCUT2D eigenvalue weighted by molar-refractivity contribution is 0.304. The largest absolute Gasteiger partial charge is 0.395 e. The van der Waals surface area contributed by atoms with Gasteiger partial charge in [0.15, 0.2) is 0 Å². The SMILES string of the molecule is CC(Nc1ccc(N(C)CCO)cc1)c1ccsc1. The molecular formula is C15H20N2OS. The van der Waals surface area contributed by atoms with Crippen LogP contribution >= 0.6 is 11.3 Å². The predicted molar refractivity (Wildman–Crippen MR) is 83.2 cm³/mol. The molecule has 0 saturated heterocycles. The van der Waals surface area contributed by atoms with Gasteiger partial charge in [-0.05, 0) is 53.6 Å². The molecule has 0 amide bonds. The molecule has 1 heterocycles. The first kappa shape index (κ1) is 13.9. The molecule has 0 fully saturated rings. The van der Waals surface area contributed by atoms with Gasteiger partial charge in [0.2, 0.25) is 0 Å². The minimum absolute atomic E-state index is 0.172. The van der Waals surface area contributed by atoms with Gasteiger partial charge >= 0.3 is 0 Å². The van der Waals surface area contributed by atoms with Gasteiger partial charge < -0.3 is 15.3 Å². The topological polar surface area (TPSA) is 35.5 Å². The van der Waals surface area contributed by atoms with E-state index in [0.717, 1.165) is 11.4 Å². The van der Waals surface area contributed by atoms with Crippen molar-refractivity contribution in [3.63, 3.8) is 0 Å². The number of nitrogens with one attached hydrogen (secondary N) is 1. The van der Waals surface area contributed by atoms with Crippen LogP contribution in [0.25, 0.3) is 0 Å². The van der Waals surface area contributed by atoms with E-state index in [2.05, 4.69) is 53.3 Å². The number of rotatable bonds is 6. The van der Waals surface area contributed by atoms with E-state index in [4.69, 9.17) is 5.11 Å². The summed E-state index contributed by atoms with van der Waals surface area (Å²) < 4.78 is 0. The molecule has 2 aromatic rings. The second-order valence-corrected chi connectivity index (χ2v) is 5.39. The minimum atomic E-state index is 0.172. The van der Waals surface area contributed by atoms with E-state index in [0.29, 0.717) is 12.6 Å². The maximum Gasteiger partial charge on any atom is 0.0606 e. The molecule has 1 atom stereocenters. The van der Waals surface area contributed by atoms with Crippen molar-refractivity contribution in [3.8, 4) is 0 Å². The Bertz CT molecular complexity index is 481. The standard InChI is InChI=1S/C15H20N2OS/c1-12(13-7-10-19-11-13)16-14-3-5-15(6-4-14)17(2)8-9-18/h3-7,10-12,16,18H,8-9H2,1-2H3. The van der Waals surface area contributed by atoms with Gasteiger partial charge in [-0.2, -0.15) is 11.3 Å². The third kappa shape index (κ3) is 3.72. The lowest BCUT2D eigenvalue weighted by Crippen LogP contribution is -2.20. The first-order valence-electron chi connectivity index (χ1n) is 6.41. The van der Waals surface area contributed by atoms with Crippen LogP contribution < -0.4 is 10.2 Å². The molecule has 1 unspecified atom stereocenters. The van der Waals surface area contributed by atoms with Crippen molar-refractivity contribution in [1.82, 2.24) is 0 Å². The second-order valence-electron chi connectivity index (χ2n) is 4.61. The van der Waals surface area contributed by atoms with Crippen LogP contribution in [-0.2, 0) is 0 Å². The van der Waals surface area contributed by atoms with Crippen LogP contribution in [0.1, 0.15) is 18.5 Å². The maximum atomic E-state index is 8.92. The van der Waals surface area contributed by atoms with Crippen molar-refractivity contribution < 1.29 is 5.11 Å². The van der Waals surface area contributed by atoms with Gasteiger partial charge in [-0.15, -0.1) is 0 Å². The Morgan fingerprint density at radius 1 is 1.26 bits per heavy atom. The van der Waals surface area contributed by atoms with Crippen molar-refractivity contribution in [2.45, 2.75) is 13.0 Å². The number of benzene rings is 1. The quantitative estimate of drug-likeness (QED) is 0.849. The van der Waals surface area contributed by atoms with Crippen molar-refractivity contribution in [3.05, 3.63) is 46.7 Å². The van der Waals surface area contributed by atoms with E-state index in [1.54, 1.807) is 11.3 Å². The first-order chi connectivity index (χ1) is 9.20. The number of aliphatic hydroxyl groups is 1. The van der Waals surface area contributed by atoms with Crippen LogP contribution in [0.3, 0.4) is 0 Å². The van der Waals surface area contributed by atoms with Crippen LogP contribution in [0.4, 0.5) is 11.4 Å².